The summed E-state index contributed by atoms with van der Waals surface area (Å²) in [4.78, 5) is 6.56. The van der Waals surface area contributed by atoms with Crippen LogP contribution < -0.4 is 4.90 Å². The van der Waals surface area contributed by atoms with Crippen LogP contribution in [0, 0.1) is 0 Å². The van der Waals surface area contributed by atoms with Crippen LogP contribution in [0.25, 0.3) is 65.4 Å². The van der Waals surface area contributed by atoms with Crippen molar-refractivity contribution in [3.8, 4) is 11.1 Å². The first-order chi connectivity index (χ1) is 21.8. The van der Waals surface area contributed by atoms with E-state index in [0.29, 0.717) is 0 Å². The molecule has 0 spiro atoms. The van der Waals surface area contributed by atoms with Crippen LogP contribution in [0.3, 0.4) is 0 Å². The zero-order valence-corrected chi connectivity index (χ0v) is 23.8. The number of nitrogens with zero attached hydrogens (tertiary/aromatic N) is 2. The van der Waals surface area contributed by atoms with Gasteiger partial charge >= 0.3 is 0 Å². The molecule has 0 aliphatic carbocycles. The zero-order chi connectivity index (χ0) is 29.0. The minimum Gasteiger partial charge on any atom is -0.456 e. The van der Waals surface area contributed by atoms with Crippen LogP contribution in [0.15, 0.2) is 162 Å². The van der Waals surface area contributed by atoms with Crippen LogP contribution >= 0.6 is 0 Å². The van der Waals surface area contributed by atoms with Gasteiger partial charge in [0.1, 0.15) is 11.2 Å². The molecule has 44 heavy (non-hydrogen) atoms. The third-order valence-corrected chi connectivity index (χ3v) is 8.73. The fraction of sp³-hybridized carbons (Fsp3) is 0. The summed E-state index contributed by atoms with van der Waals surface area (Å²) >= 11 is 0. The van der Waals surface area contributed by atoms with E-state index in [4.69, 9.17) is 4.42 Å². The zero-order valence-electron chi connectivity index (χ0n) is 23.8. The van der Waals surface area contributed by atoms with E-state index in [1.807, 2.05) is 18.3 Å². The Morgan fingerprint density at radius 3 is 1.93 bits per heavy atom. The quantitative estimate of drug-likeness (QED) is 0.200. The number of pyridine rings is 1. The van der Waals surface area contributed by atoms with E-state index in [2.05, 4.69) is 143 Å². The van der Waals surface area contributed by atoms with E-state index < -0.39 is 0 Å². The number of fused-ring (bicyclic) bond motifs is 8. The number of anilines is 3. The maximum atomic E-state index is 6.21. The maximum Gasteiger partial charge on any atom is 0.138 e. The van der Waals surface area contributed by atoms with Crippen molar-refractivity contribution in [3.63, 3.8) is 0 Å². The second kappa shape index (κ2) is 9.82. The Morgan fingerprint density at radius 2 is 1.07 bits per heavy atom. The van der Waals surface area contributed by atoms with E-state index in [0.717, 1.165) is 39.0 Å². The summed E-state index contributed by atoms with van der Waals surface area (Å²) in [6.45, 7) is 0. The topological polar surface area (TPSA) is 29.3 Å². The van der Waals surface area contributed by atoms with Crippen LogP contribution in [0.4, 0.5) is 17.1 Å². The summed E-state index contributed by atoms with van der Waals surface area (Å²) in [7, 11) is 0. The molecule has 0 aliphatic rings. The van der Waals surface area contributed by atoms with Crippen LogP contribution in [0.2, 0.25) is 0 Å². The summed E-state index contributed by atoms with van der Waals surface area (Å²) in [5.74, 6) is 0. The molecule has 0 aliphatic heterocycles. The van der Waals surface area contributed by atoms with Gasteiger partial charge in [-0.2, -0.15) is 0 Å². The van der Waals surface area contributed by atoms with Gasteiger partial charge in [0.25, 0.3) is 0 Å². The molecule has 0 N–H and O–H groups in total. The Hall–Kier alpha value is -5.93. The third kappa shape index (κ3) is 3.94. The predicted molar refractivity (Wildman–Crippen MR) is 184 cm³/mol. The van der Waals surface area contributed by atoms with Gasteiger partial charge < -0.3 is 9.32 Å². The molecule has 0 bridgehead atoms. The lowest BCUT2D eigenvalue weighted by Gasteiger charge is -2.25. The molecule has 0 atom stereocenters. The van der Waals surface area contributed by atoms with Gasteiger partial charge in [-0.1, -0.05) is 91.0 Å². The van der Waals surface area contributed by atoms with Crippen molar-refractivity contribution in [2.75, 3.05) is 4.90 Å². The second-order valence-electron chi connectivity index (χ2n) is 11.3. The third-order valence-electron chi connectivity index (χ3n) is 8.73. The number of rotatable bonds is 4. The number of aromatic nitrogens is 1. The van der Waals surface area contributed by atoms with Gasteiger partial charge in [0.05, 0.1) is 0 Å². The largest absolute Gasteiger partial charge is 0.456 e. The smallest absolute Gasteiger partial charge is 0.138 e. The molecule has 0 saturated carbocycles. The molecule has 0 unspecified atom stereocenters. The summed E-state index contributed by atoms with van der Waals surface area (Å²) < 4.78 is 6.21. The highest BCUT2D eigenvalue weighted by molar-refractivity contribution is 6.17. The fourth-order valence-electron chi connectivity index (χ4n) is 6.58. The van der Waals surface area contributed by atoms with Crippen LogP contribution in [-0.4, -0.2) is 4.98 Å². The van der Waals surface area contributed by atoms with Crippen LogP contribution in [0.1, 0.15) is 0 Å². The molecule has 0 fully saturated rings. The lowest BCUT2D eigenvalue weighted by atomic mass is 9.95. The van der Waals surface area contributed by atoms with Gasteiger partial charge in [-0.3, -0.25) is 4.98 Å². The molecule has 9 rings (SSSR count). The van der Waals surface area contributed by atoms with Crippen molar-refractivity contribution in [1.82, 2.24) is 4.98 Å². The molecular weight excluding hydrogens is 536 g/mol. The molecule has 0 saturated heterocycles. The lowest BCUT2D eigenvalue weighted by Crippen LogP contribution is -2.09. The number of hydrogen-bond donors (Lipinski definition) is 0. The molecule has 3 heteroatoms. The molecule has 0 radical (unpaired) electrons. The SMILES string of the molecule is c1ccc(N(c2ccc(-c3ccc4c(ccc5c6ccccc6ccc45)c3)cc2)c2ccc3c(c2)oc2ccncc23)cc1. The molecular formula is C41H26N2O. The molecule has 206 valence electrons. The Morgan fingerprint density at radius 1 is 0.409 bits per heavy atom. The van der Waals surface area contributed by atoms with E-state index in [1.165, 1.54) is 43.4 Å². The first kappa shape index (κ1) is 24.6. The first-order valence-electron chi connectivity index (χ1n) is 14.9. The summed E-state index contributed by atoms with van der Waals surface area (Å²) in [5.41, 5.74) is 7.28. The highest BCUT2D eigenvalue weighted by Gasteiger charge is 2.16. The molecule has 9 aromatic rings. The number of hydrogen-bond acceptors (Lipinski definition) is 3. The first-order valence-corrected chi connectivity index (χ1v) is 14.9. The fourth-order valence-corrected chi connectivity index (χ4v) is 6.58. The van der Waals surface area contributed by atoms with Gasteiger partial charge in [-0.15, -0.1) is 0 Å². The average molecular weight is 563 g/mol. The van der Waals surface area contributed by atoms with E-state index >= 15 is 0 Å². The average Bonchev–Trinajstić information content (AvgIpc) is 3.46. The van der Waals surface area contributed by atoms with Gasteiger partial charge in [0.2, 0.25) is 0 Å². The van der Waals surface area contributed by atoms with E-state index in [9.17, 15) is 0 Å². The summed E-state index contributed by atoms with van der Waals surface area (Å²) in [5, 5.41) is 9.78. The van der Waals surface area contributed by atoms with Gasteiger partial charge in [0, 0.05) is 46.3 Å². The van der Waals surface area contributed by atoms with Gasteiger partial charge in [-0.25, -0.2) is 0 Å². The maximum absolute atomic E-state index is 6.21. The van der Waals surface area contributed by atoms with Crippen molar-refractivity contribution < 1.29 is 4.42 Å². The van der Waals surface area contributed by atoms with Crippen LogP contribution in [0.5, 0.6) is 0 Å². The molecule has 0 amide bonds. The van der Waals surface area contributed by atoms with Crippen molar-refractivity contribution in [2.45, 2.75) is 0 Å². The highest BCUT2D eigenvalue weighted by atomic mass is 16.3. The molecule has 2 heterocycles. The minimum absolute atomic E-state index is 0.847. The van der Waals surface area contributed by atoms with E-state index in [-0.39, 0.29) is 0 Å². The Kier molecular flexibility index (Phi) is 5.50. The highest BCUT2D eigenvalue weighted by Crippen LogP contribution is 2.39. The Bertz CT molecular complexity index is 2490. The molecule has 2 aromatic heterocycles. The Labute approximate surface area is 254 Å². The normalized spacial score (nSPS) is 11.6. The van der Waals surface area contributed by atoms with Gasteiger partial charge in [-0.05, 0) is 92.0 Å². The van der Waals surface area contributed by atoms with E-state index in [1.54, 1.807) is 6.20 Å². The predicted octanol–water partition coefficient (Wildman–Crippen LogP) is 11.6. The Balaban J connectivity index is 1.11. The second-order valence-corrected chi connectivity index (χ2v) is 11.3. The monoisotopic (exact) mass is 562 g/mol. The number of furan rings is 1. The van der Waals surface area contributed by atoms with Gasteiger partial charge in [0.15, 0.2) is 0 Å². The molecule has 7 aromatic carbocycles. The van der Waals surface area contributed by atoms with Crippen molar-refractivity contribution in [2.24, 2.45) is 0 Å². The summed E-state index contributed by atoms with van der Waals surface area (Å²) in [6.07, 6.45) is 3.63. The van der Waals surface area contributed by atoms with Crippen LogP contribution in [-0.2, 0) is 0 Å². The number of benzene rings is 7. The minimum atomic E-state index is 0.847. The standard InChI is InChI=1S/C41H26N2O/c1-2-7-31(8-3-1)43(33-17-21-38-39-26-42-23-22-40(39)44-41(38)25-33)32-15-10-27(11-16-32)29-13-18-35-30(24-29)14-20-36-34-9-5-4-6-28(34)12-19-37(35)36/h1-26H. The number of para-hydroxylation sites is 1. The van der Waals surface area contributed by atoms with Crippen molar-refractivity contribution in [1.29, 1.82) is 0 Å². The summed E-state index contributed by atoms with van der Waals surface area (Å²) in [6, 6.07) is 52.0. The van der Waals surface area contributed by atoms with Crippen molar-refractivity contribution >= 4 is 71.3 Å². The molecule has 3 nitrogen and oxygen atoms in total. The lowest BCUT2D eigenvalue weighted by molar-refractivity contribution is 0.668. The van der Waals surface area contributed by atoms with Crippen molar-refractivity contribution in [3.05, 3.63) is 158 Å².